The fourth-order valence-corrected chi connectivity index (χ4v) is 4.32. The maximum absolute atomic E-state index is 12.4. The zero-order valence-electron chi connectivity index (χ0n) is 11.9. The second-order valence-corrected chi connectivity index (χ2v) is 7.06. The van der Waals surface area contributed by atoms with E-state index in [4.69, 9.17) is 5.11 Å². The van der Waals surface area contributed by atoms with Gasteiger partial charge >= 0.3 is 5.97 Å². The molecular formula is C14H19NO4S. The second-order valence-electron chi connectivity index (χ2n) is 5.41. The van der Waals surface area contributed by atoms with Crippen LogP contribution in [-0.4, -0.2) is 25.5 Å². The van der Waals surface area contributed by atoms with Gasteiger partial charge in [-0.15, -0.1) is 0 Å². The van der Waals surface area contributed by atoms with Crippen LogP contribution in [0.5, 0.6) is 0 Å². The van der Waals surface area contributed by atoms with Crippen LogP contribution in [0, 0.1) is 20.8 Å². The summed E-state index contributed by atoms with van der Waals surface area (Å²) in [7, 11) is -3.58. The summed E-state index contributed by atoms with van der Waals surface area (Å²) in [4.78, 5) is 11.2. The molecule has 1 aromatic rings. The van der Waals surface area contributed by atoms with Crippen LogP contribution in [0.25, 0.3) is 0 Å². The summed E-state index contributed by atoms with van der Waals surface area (Å²) in [5.74, 6) is -0.960. The molecule has 0 aliphatic heterocycles. The quantitative estimate of drug-likeness (QED) is 0.866. The summed E-state index contributed by atoms with van der Waals surface area (Å²) < 4.78 is 27.5. The molecule has 2 rings (SSSR count). The summed E-state index contributed by atoms with van der Waals surface area (Å²) >= 11 is 0. The van der Waals surface area contributed by atoms with E-state index in [9.17, 15) is 13.2 Å². The highest BCUT2D eigenvalue weighted by Gasteiger charge is 2.30. The number of aliphatic carboxylic acids is 1. The van der Waals surface area contributed by atoms with E-state index in [1.807, 2.05) is 6.92 Å². The van der Waals surface area contributed by atoms with Crippen LogP contribution in [0.15, 0.2) is 11.0 Å². The first kappa shape index (κ1) is 15.0. The Morgan fingerprint density at radius 3 is 2.40 bits per heavy atom. The third-order valence-electron chi connectivity index (χ3n) is 3.56. The Bertz CT molecular complexity index is 660. The summed E-state index contributed by atoms with van der Waals surface area (Å²) in [6.45, 7) is 5.23. The van der Waals surface area contributed by atoms with Gasteiger partial charge in [-0.1, -0.05) is 6.07 Å². The van der Waals surface area contributed by atoms with Gasteiger partial charge in [0.25, 0.3) is 0 Å². The summed E-state index contributed by atoms with van der Waals surface area (Å²) in [6, 6.07) is 1.77. The standard InChI is InChI=1S/C14H19NO4S/c1-8-6-9(2)14(10(3)12(8)7-13(16)17)20(18,19)15-11-4-5-11/h6,11,15H,4-5,7H2,1-3H3,(H,16,17). The molecule has 1 aliphatic carbocycles. The highest BCUT2D eigenvalue weighted by molar-refractivity contribution is 7.89. The molecule has 0 saturated heterocycles. The Morgan fingerprint density at radius 1 is 1.30 bits per heavy atom. The number of carboxylic acids is 1. The topological polar surface area (TPSA) is 83.5 Å². The van der Waals surface area contributed by atoms with E-state index in [-0.39, 0.29) is 17.4 Å². The maximum atomic E-state index is 12.4. The fraction of sp³-hybridized carbons (Fsp3) is 0.500. The van der Waals surface area contributed by atoms with E-state index in [0.29, 0.717) is 16.7 Å². The first-order valence-corrected chi connectivity index (χ1v) is 8.04. The van der Waals surface area contributed by atoms with Gasteiger partial charge in [-0.05, 0) is 55.9 Å². The van der Waals surface area contributed by atoms with Gasteiger partial charge in [-0.3, -0.25) is 4.79 Å². The lowest BCUT2D eigenvalue weighted by molar-refractivity contribution is -0.136. The Labute approximate surface area is 119 Å². The van der Waals surface area contributed by atoms with Crippen molar-refractivity contribution >= 4 is 16.0 Å². The third kappa shape index (κ3) is 3.02. The van der Waals surface area contributed by atoms with Crippen molar-refractivity contribution in [1.29, 1.82) is 0 Å². The molecule has 20 heavy (non-hydrogen) atoms. The lowest BCUT2D eigenvalue weighted by Crippen LogP contribution is -2.27. The average molecular weight is 297 g/mol. The Kier molecular flexibility index (Phi) is 3.88. The van der Waals surface area contributed by atoms with Gasteiger partial charge in [0.1, 0.15) is 0 Å². The zero-order chi connectivity index (χ0) is 15.1. The minimum Gasteiger partial charge on any atom is -0.481 e. The molecule has 0 heterocycles. The molecule has 1 aliphatic rings. The lowest BCUT2D eigenvalue weighted by Gasteiger charge is -2.17. The average Bonchev–Trinajstić information content (AvgIpc) is 3.06. The van der Waals surface area contributed by atoms with E-state index >= 15 is 0 Å². The molecular weight excluding hydrogens is 278 g/mol. The van der Waals surface area contributed by atoms with Crippen molar-refractivity contribution in [3.63, 3.8) is 0 Å². The Morgan fingerprint density at radius 2 is 1.90 bits per heavy atom. The number of rotatable bonds is 5. The summed E-state index contributed by atoms with van der Waals surface area (Å²) in [5, 5.41) is 8.97. The fourth-order valence-electron chi connectivity index (χ4n) is 2.52. The van der Waals surface area contributed by atoms with Gasteiger partial charge in [0.15, 0.2) is 0 Å². The molecule has 0 aromatic heterocycles. The van der Waals surface area contributed by atoms with Crippen molar-refractivity contribution in [2.45, 2.75) is 51.0 Å². The van der Waals surface area contributed by atoms with E-state index in [0.717, 1.165) is 18.4 Å². The number of nitrogens with one attached hydrogen (secondary N) is 1. The molecule has 6 heteroatoms. The molecule has 0 spiro atoms. The van der Waals surface area contributed by atoms with Crippen LogP contribution in [0.4, 0.5) is 0 Å². The van der Waals surface area contributed by atoms with E-state index in [1.54, 1.807) is 19.9 Å². The largest absolute Gasteiger partial charge is 0.481 e. The van der Waals surface area contributed by atoms with Gasteiger partial charge in [0.2, 0.25) is 10.0 Å². The predicted molar refractivity (Wildman–Crippen MR) is 75.3 cm³/mol. The van der Waals surface area contributed by atoms with Gasteiger partial charge in [-0.2, -0.15) is 0 Å². The van der Waals surface area contributed by atoms with Crippen LogP contribution in [0.1, 0.15) is 35.1 Å². The molecule has 0 amide bonds. The van der Waals surface area contributed by atoms with E-state index in [2.05, 4.69) is 4.72 Å². The molecule has 1 fully saturated rings. The highest BCUT2D eigenvalue weighted by atomic mass is 32.2. The van der Waals surface area contributed by atoms with E-state index < -0.39 is 16.0 Å². The van der Waals surface area contributed by atoms with Crippen LogP contribution >= 0.6 is 0 Å². The molecule has 5 nitrogen and oxygen atoms in total. The van der Waals surface area contributed by atoms with Crippen molar-refractivity contribution < 1.29 is 18.3 Å². The number of sulfonamides is 1. The molecule has 1 aromatic carbocycles. The normalized spacial score (nSPS) is 15.3. The Hall–Kier alpha value is -1.40. The first-order chi connectivity index (χ1) is 9.22. The van der Waals surface area contributed by atoms with Crippen LogP contribution in [0.3, 0.4) is 0 Å². The number of carboxylic acid groups (broad SMARTS) is 1. The zero-order valence-corrected chi connectivity index (χ0v) is 12.7. The monoisotopic (exact) mass is 297 g/mol. The predicted octanol–water partition coefficient (Wildman–Crippen LogP) is 1.68. The minimum atomic E-state index is -3.58. The highest BCUT2D eigenvalue weighted by Crippen LogP contribution is 2.29. The van der Waals surface area contributed by atoms with Gasteiger partial charge in [-0.25, -0.2) is 13.1 Å². The molecule has 0 atom stereocenters. The van der Waals surface area contributed by atoms with E-state index in [1.165, 1.54) is 0 Å². The van der Waals surface area contributed by atoms with Crippen LogP contribution < -0.4 is 4.72 Å². The molecule has 2 N–H and O–H groups in total. The number of benzene rings is 1. The van der Waals surface area contributed by atoms with Gasteiger partial charge < -0.3 is 5.11 Å². The lowest BCUT2D eigenvalue weighted by atomic mass is 9.97. The number of carbonyl (C=O) groups is 1. The number of aryl methyl sites for hydroxylation is 2. The minimum absolute atomic E-state index is 0.0306. The van der Waals surface area contributed by atoms with Crippen LogP contribution in [-0.2, 0) is 21.2 Å². The third-order valence-corrected chi connectivity index (χ3v) is 5.37. The van der Waals surface area contributed by atoms with Crippen LogP contribution in [0.2, 0.25) is 0 Å². The SMILES string of the molecule is Cc1cc(C)c(S(=O)(=O)NC2CC2)c(C)c1CC(=O)O. The van der Waals surface area contributed by atoms with Crippen molar-refractivity contribution in [1.82, 2.24) is 4.72 Å². The smallest absolute Gasteiger partial charge is 0.307 e. The second kappa shape index (κ2) is 5.18. The molecule has 0 radical (unpaired) electrons. The number of hydrogen-bond donors (Lipinski definition) is 2. The molecule has 1 saturated carbocycles. The van der Waals surface area contributed by atoms with Crippen molar-refractivity contribution in [2.24, 2.45) is 0 Å². The maximum Gasteiger partial charge on any atom is 0.307 e. The van der Waals surface area contributed by atoms with Crippen molar-refractivity contribution in [2.75, 3.05) is 0 Å². The summed E-state index contributed by atoms with van der Waals surface area (Å²) in [6.07, 6.45) is 1.57. The molecule has 0 unspecified atom stereocenters. The Balaban J connectivity index is 2.54. The van der Waals surface area contributed by atoms with Gasteiger partial charge in [0.05, 0.1) is 11.3 Å². The van der Waals surface area contributed by atoms with Gasteiger partial charge in [0, 0.05) is 6.04 Å². The number of hydrogen-bond acceptors (Lipinski definition) is 3. The molecule has 0 bridgehead atoms. The molecule has 110 valence electrons. The van der Waals surface area contributed by atoms with Crippen molar-refractivity contribution in [3.05, 3.63) is 28.3 Å². The summed E-state index contributed by atoms with van der Waals surface area (Å²) in [5.41, 5.74) is 2.59. The van der Waals surface area contributed by atoms with Crippen molar-refractivity contribution in [3.8, 4) is 0 Å². The first-order valence-electron chi connectivity index (χ1n) is 6.56.